The Morgan fingerprint density at radius 2 is 2.00 bits per heavy atom. The van der Waals surface area contributed by atoms with Crippen LogP contribution in [0.4, 0.5) is 0 Å². The van der Waals surface area contributed by atoms with Gasteiger partial charge in [0, 0.05) is 11.6 Å². The second-order valence-corrected chi connectivity index (χ2v) is 4.09. The van der Waals surface area contributed by atoms with Crippen LogP contribution in [0, 0.1) is 6.92 Å². The third-order valence-corrected chi connectivity index (χ3v) is 2.76. The molecule has 0 bridgehead atoms. The third kappa shape index (κ3) is 3.19. The van der Waals surface area contributed by atoms with Crippen LogP contribution in [0.5, 0.6) is 5.75 Å². The molecular weight excluding hydrogens is 210 g/mol. The fraction of sp³-hybridized carbons (Fsp3) is 0.333. The summed E-state index contributed by atoms with van der Waals surface area (Å²) in [6.45, 7) is 4.61. The first-order valence-electron chi connectivity index (χ1n) is 6.17. The second-order valence-electron chi connectivity index (χ2n) is 4.09. The SMILES string of the molecule is [CH2]CCCCCOc1cccc2ncccc12. The average molecular weight is 228 g/mol. The average Bonchev–Trinajstić information content (AvgIpc) is 2.39. The van der Waals surface area contributed by atoms with Crippen LogP contribution in [0.15, 0.2) is 36.5 Å². The summed E-state index contributed by atoms with van der Waals surface area (Å²) >= 11 is 0. The summed E-state index contributed by atoms with van der Waals surface area (Å²) in [5.74, 6) is 0.935. The van der Waals surface area contributed by atoms with E-state index in [0.29, 0.717) is 0 Å². The van der Waals surface area contributed by atoms with Crippen molar-refractivity contribution in [3.8, 4) is 5.75 Å². The van der Waals surface area contributed by atoms with E-state index in [0.717, 1.165) is 36.1 Å². The molecule has 0 fully saturated rings. The van der Waals surface area contributed by atoms with Gasteiger partial charge in [0.15, 0.2) is 0 Å². The minimum atomic E-state index is 0.772. The molecule has 1 aromatic carbocycles. The number of pyridine rings is 1. The fourth-order valence-corrected chi connectivity index (χ4v) is 1.84. The number of hydrogen-bond donors (Lipinski definition) is 0. The van der Waals surface area contributed by atoms with Crippen molar-refractivity contribution in [2.24, 2.45) is 0 Å². The molecule has 0 spiro atoms. The van der Waals surface area contributed by atoms with Crippen molar-refractivity contribution in [2.45, 2.75) is 25.7 Å². The van der Waals surface area contributed by atoms with E-state index in [9.17, 15) is 0 Å². The number of fused-ring (bicyclic) bond motifs is 1. The highest BCUT2D eigenvalue weighted by Gasteiger charge is 2.01. The minimum Gasteiger partial charge on any atom is -0.493 e. The smallest absolute Gasteiger partial charge is 0.128 e. The molecule has 0 amide bonds. The van der Waals surface area contributed by atoms with Crippen molar-refractivity contribution in [3.05, 3.63) is 43.5 Å². The Morgan fingerprint density at radius 1 is 1.06 bits per heavy atom. The van der Waals surface area contributed by atoms with Gasteiger partial charge in [-0.2, -0.15) is 0 Å². The summed E-state index contributed by atoms with van der Waals surface area (Å²) in [6, 6.07) is 9.99. The molecule has 1 aromatic heterocycles. The lowest BCUT2D eigenvalue weighted by Crippen LogP contribution is -1.97. The zero-order valence-electron chi connectivity index (χ0n) is 10.1. The normalized spacial score (nSPS) is 10.6. The summed E-state index contributed by atoms with van der Waals surface area (Å²) < 4.78 is 5.81. The van der Waals surface area contributed by atoms with Crippen molar-refractivity contribution >= 4 is 10.9 Å². The first-order chi connectivity index (χ1) is 8.42. The lowest BCUT2D eigenvalue weighted by atomic mass is 10.2. The Labute approximate surface area is 103 Å². The summed E-state index contributed by atoms with van der Waals surface area (Å²) in [6.07, 6.45) is 6.28. The molecule has 1 heterocycles. The second kappa shape index (κ2) is 6.24. The standard InChI is InChI=1S/C15H18NO/c1-2-3-4-5-12-17-15-10-6-9-14-13(15)8-7-11-16-14/h6-11H,1-5,12H2. The van der Waals surface area contributed by atoms with E-state index < -0.39 is 0 Å². The van der Waals surface area contributed by atoms with Crippen LogP contribution < -0.4 is 4.74 Å². The number of aromatic nitrogens is 1. The van der Waals surface area contributed by atoms with Gasteiger partial charge in [0.2, 0.25) is 0 Å². The molecule has 0 aliphatic rings. The highest BCUT2D eigenvalue weighted by atomic mass is 16.5. The van der Waals surface area contributed by atoms with E-state index >= 15 is 0 Å². The van der Waals surface area contributed by atoms with Gasteiger partial charge in [-0.3, -0.25) is 4.98 Å². The van der Waals surface area contributed by atoms with Crippen molar-refractivity contribution in [1.29, 1.82) is 0 Å². The quantitative estimate of drug-likeness (QED) is 0.697. The Bertz CT molecular complexity index is 462. The largest absolute Gasteiger partial charge is 0.493 e. The first-order valence-corrected chi connectivity index (χ1v) is 6.17. The highest BCUT2D eigenvalue weighted by molar-refractivity contribution is 5.84. The molecule has 0 saturated carbocycles. The number of unbranched alkanes of at least 4 members (excludes halogenated alkanes) is 3. The highest BCUT2D eigenvalue weighted by Crippen LogP contribution is 2.23. The number of hydrogen-bond acceptors (Lipinski definition) is 2. The van der Waals surface area contributed by atoms with Gasteiger partial charge in [-0.1, -0.05) is 32.3 Å². The minimum absolute atomic E-state index is 0.772. The maximum absolute atomic E-state index is 5.81. The Balaban J connectivity index is 1.98. The van der Waals surface area contributed by atoms with E-state index in [2.05, 4.69) is 11.9 Å². The van der Waals surface area contributed by atoms with E-state index in [1.807, 2.05) is 30.3 Å². The Morgan fingerprint density at radius 3 is 2.88 bits per heavy atom. The van der Waals surface area contributed by atoms with E-state index in [1.54, 1.807) is 6.20 Å². The van der Waals surface area contributed by atoms with Gasteiger partial charge in [0.05, 0.1) is 12.1 Å². The van der Waals surface area contributed by atoms with Crippen molar-refractivity contribution in [2.75, 3.05) is 6.61 Å². The number of rotatable bonds is 6. The van der Waals surface area contributed by atoms with Crippen LogP contribution in [0.2, 0.25) is 0 Å². The van der Waals surface area contributed by atoms with Gasteiger partial charge in [-0.05, 0) is 30.7 Å². The molecule has 1 radical (unpaired) electrons. The van der Waals surface area contributed by atoms with E-state index in [1.165, 1.54) is 12.8 Å². The fourth-order valence-electron chi connectivity index (χ4n) is 1.84. The predicted octanol–water partition coefficient (Wildman–Crippen LogP) is 4.01. The van der Waals surface area contributed by atoms with Crippen molar-refractivity contribution < 1.29 is 4.74 Å². The zero-order valence-corrected chi connectivity index (χ0v) is 10.1. The lowest BCUT2D eigenvalue weighted by Gasteiger charge is -2.08. The molecule has 0 saturated heterocycles. The molecule has 17 heavy (non-hydrogen) atoms. The molecular formula is C15H18NO. The summed E-state index contributed by atoms with van der Waals surface area (Å²) in [7, 11) is 0. The van der Waals surface area contributed by atoms with E-state index in [-0.39, 0.29) is 0 Å². The van der Waals surface area contributed by atoms with Gasteiger partial charge >= 0.3 is 0 Å². The van der Waals surface area contributed by atoms with Crippen LogP contribution in [0.25, 0.3) is 10.9 Å². The van der Waals surface area contributed by atoms with Crippen molar-refractivity contribution in [1.82, 2.24) is 4.98 Å². The maximum Gasteiger partial charge on any atom is 0.128 e. The number of nitrogens with zero attached hydrogens (tertiary/aromatic N) is 1. The topological polar surface area (TPSA) is 22.1 Å². The Hall–Kier alpha value is -1.57. The summed E-state index contributed by atoms with van der Waals surface area (Å²) in [5, 5.41) is 1.09. The summed E-state index contributed by atoms with van der Waals surface area (Å²) in [4.78, 5) is 4.31. The van der Waals surface area contributed by atoms with Gasteiger partial charge in [0.1, 0.15) is 5.75 Å². The van der Waals surface area contributed by atoms with Crippen LogP contribution in [0.3, 0.4) is 0 Å². The molecule has 2 nitrogen and oxygen atoms in total. The van der Waals surface area contributed by atoms with Gasteiger partial charge in [0.25, 0.3) is 0 Å². The lowest BCUT2D eigenvalue weighted by molar-refractivity contribution is 0.309. The number of benzene rings is 1. The van der Waals surface area contributed by atoms with Crippen LogP contribution in [0.1, 0.15) is 25.7 Å². The molecule has 0 aliphatic carbocycles. The molecule has 0 atom stereocenters. The monoisotopic (exact) mass is 228 g/mol. The van der Waals surface area contributed by atoms with Crippen LogP contribution in [-0.2, 0) is 0 Å². The molecule has 0 aliphatic heterocycles. The van der Waals surface area contributed by atoms with Crippen molar-refractivity contribution in [3.63, 3.8) is 0 Å². The van der Waals surface area contributed by atoms with Gasteiger partial charge in [-0.15, -0.1) is 0 Å². The molecule has 0 N–H and O–H groups in total. The third-order valence-electron chi connectivity index (χ3n) is 2.76. The predicted molar refractivity (Wildman–Crippen MR) is 71.1 cm³/mol. The summed E-state index contributed by atoms with van der Waals surface area (Å²) in [5.41, 5.74) is 0.989. The number of ether oxygens (including phenoxy) is 1. The molecule has 2 heteroatoms. The van der Waals surface area contributed by atoms with Crippen LogP contribution >= 0.6 is 0 Å². The first kappa shape index (κ1) is 11.9. The Kier molecular flexibility index (Phi) is 4.37. The van der Waals surface area contributed by atoms with Gasteiger partial charge in [-0.25, -0.2) is 0 Å². The van der Waals surface area contributed by atoms with Gasteiger partial charge < -0.3 is 4.74 Å². The molecule has 2 rings (SSSR count). The molecule has 89 valence electrons. The molecule has 2 aromatic rings. The molecule has 0 unspecified atom stereocenters. The zero-order chi connectivity index (χ0) is 11.9. The van der Waals surface area contributed by atoms with Crippen LogP contribution in [-0.4, -0.2) is 11.6 Å². The van der Waals surface area contributed by atoms with E-state index in [4.69, 9.17) is 4.74 Å². The maximum atomic E-state index is 5.81.